The number of fused-ring (bicyclic) bond motifs is 2. The van der Waals surface area contributed by atoms with Crippen molar-refractivity contribution in [1.82, 2.24) is 0 Å². The van der Waals surface area contributed by atoms with Crippen LogP contribution in [0.4, 0.5) is 11.4 Å². The average molecular weight is 567 g/mol. The molecule has 6 heteroatoms. The first kappa shape index (κ1) is 22.1. The van der Waals surface area contributed by atoms with E-state index in [-0.39, 0.29) is 17.0 Å². The third-order valence-corrected chi connectivity index (χ3v) is 7.86. The molecule has 0 amide bonds. The highest BCUT2D eigenvalue weighted by Gasteiger charge is 2.42. The van der Waals surface area contributed by atoms with Crippen molar-refractivity contribution in [3.8, 4) is 0 Å². The van der Waals surface area contributed by atoms with Gasteiger partial charge in [-0.1, -0.05) is 52.3 Å². The number of Topliss-reactive ketones (excluding diaryl/α,β-unsaturated/α-hetero) is 1. The maximum atomic E-state index is 13.1. The molecule has 2 heterocycles. The molecule has 166 valence electrons. The first-order valence-corrected chi connectivity index (χ1v) is 12.2. The van der Waals surface area contributed by atoms with E-state index in [1.165, 1.54) is 5.56 Å². The molecule has 0 bridgehead atoms. The summed E-state index contributed by atoms with van der Waals surface area (Å²) in [7, 11) is 3.93. The maximum absolute atomic E-state index is 13.1. The molecule has 0 aromatic heterocycles. The van der Waals surface area contributed by atoms with Crippen LogP contribution in [0.3, 0.4) is 0 Å². The number of aliphatic hydroxyl groups excluding tert-OH is 1. The molecule has 0 atom stereocenters. The number of rotatable bonds is 2. The van der Waals surface area contributed by atoms with Gasteiger partial charge in [-0.2, -0.15) is 4.58 Å². The molecule has 2 aromatic rings. The predicted octanol–water partition coefficient (Wildman–Crippen LogP) is 6.59. The van der Waals surface area contributed by atoms with Crippen molar-refractivity contribution in [2.45, 2.75) is 19.3 Å². The molecule has 0 saturated carbocycles. The Morgan fingerprint density at radius 2 is 1.76 bits per heavy atom. The van der Waals surface area contributed by atoms with Gasteiger partial charge in [-0.25, -0.2) is 0 Å². The van der Waals surface area contributed by atoms with Gasteiger partial charge in [-0.05, 0) is 42.0 Å². The summed E-state index contributed by atoms with van der Waals surface area (Å²) < 4.78 is 3.98. The summed E-state index contributed by atoms with van der Waals surface area (Å²) in [5.41, 5.74) is 7.26. The number of allylic oxidation sites excluding steroid dienone is 6. The second-order valence-corrected chi connectivity index (χ2v) is 10.9. The molecule has 0 spiro atoms. The van der Waals surface area contributed by atoms with Crippen molar-refractivity contribution >= 4 is 60.3 Å². The lowest BCUT2D eigenvalue weighted by atomic mass is 9.80. The molecule has 2 aliphatic heterocycles. The van der Waals surface area contributed by atoms with Crippen molar-refractivity contribution < 1.29 is 14.5 Å². The topological polar surface area (TPSA) is 43.6 Å². The largest absolute Gasteiger partial charge is 0.506 e. The zero-order valence-electron chi connectivity index (χ0n) is 18.8. The molecule has 0 radical (unpaired) electrons. The number of carbonyl (C=O) groups excluding carboxylic acids is 1. The zero-order valence-corrected chi connectivity index (χ0v) is 22.0. The van der Waals surface area contributed by atoms with Gasteiger partial charge in [0.2, 0.25) is 17.2 Å². The van der Waals surface area contributed by atoms with Gasteiger partial charge in [-0.3, -0.25) is 4.79 Å². The molecule has 0 fully saturated rings. The van der Waals surface area contributed by atoms with Crippen LogP contribution in [0.15, 0.2) is 86.7 Å². The Morgan fingerprint density at radius 3 is 2.45 bits per heavy atom. The van der Waals surface area contributed by atoms with Gasteiger partial charge in [0.15, 0.2) is 0 Å². The summed E-state index contributed by atoms with van der Waals surface area (Å²) in [4.78, 5) is 15.2. The second kappa shape index (κ2) is 7.40. The van der Waals surface area contributed by atoms with E-state index < -0.39 is 0 Å². The van der Waals surface area contributed by atoms with Gasteiger partial charge < -0.3 is 10.0 Å². The number of benzene rings is 2. The van der Waals surface area contributed by atoms with Crippen LogP contribution in [-0.2, 0) is 10.2 Å². The number of anilines is 1. The van der Waals surface area contributed by atoms with Crippen molar-refractivity contribution in [2.75, 3.05) is 19.0 Å². The Bertz CT molecular complexity index is 1420. The SMILES string of the molecule is C=C1C(/C=C2/C(=O)C(C=C3N(C)c4ccc(Br)cc4C3(C)C)=C2O)=[N+](C)c2ccc(Br)cc21. The molecular formula is C27H23Br2N2O2+. The van der Waals surface area contributed by atoms with Crippen LogP contribution >= 0.6 is 31.9 Å². The Hall–Kier alpha value is -2.70. The van der Waals surface area contributed by atoms with Gasteiger partial charge in [0.05, 0.1) is 22.3 Å². The number of halogens is 2. The first-order valence-electron chi connectivity index (χ1n) is 10.6. The molecule has 33 heavy (non-hydrogen) atoms. The summed E-state index contributed by atoms with van der Waals surface area (Å²) >= 11 is 7.07. The Balaban J connectivity index is 1.53. The number of carbonyl (C=O) groups is 1. The van der Waals surface area contributed by atoms with E-state index in [4.69, 9.17) is 0 Å². The highest BCUT2D eigenvalue weighted by Crippen LogP contribution is 2.49. The predicted molar refractivity (Wildman–Crippen MR) is 140 cm³/mol. The van der Waals surface area contributed by atoms with Crippen LogP contribution in [0.5, 0.6) is 0 Å². The smallest absolute Gasteiger partial charge is 0.213 e. The van der Waals surface area contributed by atoms with E-state index in [1.54, 1.807) is 6.08 Å². The van der Waals surface area contributed by atoms with E-state index in [9.17, 15) is 9.90 Å². The lowest BCUT2D eigenvalue weighted by Crippen LogP contribution is -2.27. The van der Waals surface area contributed by atoms with Crippen LogP contribution in [0, 0.1) is 0 Å². The lowest BCUT2D eigenvalue weighted by Gasteiger charge is -2.27. The molecule has 2 aromatic carbocycles. The average Bonchev–Trinajstić information content (AvgIpc) is 3.11. The van der Waals surface area contributed by atoms with Gasteiger partial charge in [0, 0.05) is 44.9 Å². The Kier molecular flexibility index (Phi) is 4.96. The molecule has 1 N–H and O–H groups in total. The first-order chi connectivity index (χ1) is 15.5. The summed E-state index contributed by atoms with van der Waals surface area (Å²) in [5.74, 6) is -0.133. The highest BCUT2D eigenvalue weighted by molar-refractivity contribution is 9.10. The summed E-state index contributed by atoms with van der Waals surface area (Å²) in [6, 6.07) is 12.2. The molecular weight excluding hydrogens is 544 g/mol. The third-order valence-electron chi connectivity index (χ3n) is 6.87. The molecule has 0 saturated heterocycles. The standard InChI is InChI=1S/C27H22Br2N2O2/c1-14-17-10-15(28)6-8-21(17)30(4)23(14)12-18-25(32)19(26(18)33)13-24-27(2,3)20-11-16(29)7-9-22(20)31(24)5/h6-13H,1H2,2-5H3/p+1. The summed E-state index contributed by atoms with van der Waals surface area (Å²) in [6.07, 6.45) is 3.57. The third kappa shape index (κ3) is 3.15. The fourth-order valence-corrected chi connectivity index (χ4v) is 5.67. The monoisotopic (exact) mass is 565 g/mol. The number of aliphatic hydroxyl groups is 1. The number of likely N-dealkylation sites (N-methyl/N-ethyl adjacent to an activating group) is 1. The minimum atomic E-state index is -0.301. The van der Waals surface area contributed by atoms with Gasteiger partial charge in [-0.15, -0.1) is 0 Å². The Labute approximate surface area is 210 Å². The van der Waals surface area contributed by atoms with E-state index >= 15 is 0 Å². The van der Waals surface area contributed by atoms with Crippen LogP contribution in [-0.4, -0.2) is 35.3 Å². The minimum absolute atomic E-state index is 0.0275. The second-order valence-electron chi connectivity index (χ2n) is 9.11. The molecule has 0 unspecified atom stereocenters. The summed E-state index contributed by atoms with van der Waals surface area (Å²) in [6.45, 7) is 8.48. The number of hydrogen-bond donors (Lipinski definition) is 1. The van der Waals surface area contributed by atoms with Crippen LogP contribution in [0.25, 0.3) is 5.57 Å². The fourth-order valence-electron chi connectivity index (χ4n) is 4.95. The number of hydrogen-bond acceptors (Lipinski definition) is 3. The molecule has 4 nitrogen and oxygen atoms in total. The highest BCUT2D eigenvalue weighted by atomic mass is 79.9. The van der Waals surface area contributed by atoms with Crippen molar-refractivity contribution in [3.05, 3.63) is 97.8 Å². The van der Waals surface area contributed by atoms with Gasteiger partial charge in [0.25, 0.3) is 0 Å². The van der Waals surface area contributed by atoms with Crippen LogP contribution in [0.2, 0.25) is 0 Å². The van der Waals surface area contributed by atoms with Crippen molar-refractivity contribution in [1.29, 1.82) is 0 Å². The van der Waals surface area contributed by atoms with E-state index in [0.29, 0.717) is 11.1 Å². The normalized spacial score (nSPS) is 21.3. The minimum Gasteiger partial charge on any atom is -0.506 e. The van der Waals surface area contributed by atoms with Crippen molar-refractivity contribution in [2.24, 2.45) is 0 Å². The molecule has 1 aliphatic carbocycles. The zero-order chi connectivity index (χ0) is 23.8. The lowest BCUT2D eigenvalue weighted by molar-refractivity contribution is -0.399. The Morgan fingerprint density at radius 1 is 1.09 bits per heavy atom. The number of nitrogens with zero attached hydrogens (tertiary/aromatic N) is 2. The summed E-state index contributed by atoms with van der Waals surface area (Å²) in [5, 5.41) is 10.9. The van der Waals surface area contributed by atoms with E-state index in [1.807, 2.05) is 49.0 Å². The van der Waals surface area contributed by atoms with E-state index in [2.05, 4.69) is 69.3 Å². The van der Waals surface area contributed by atoms with Crippen LogP contribution < -0.4 is 4.90 Å². The number of ketones is 1. The van der Waals surface area contributed by atoms with E-state index in [0.717, 1.165) is 42.9 Å². The molecule has 5 rings (SSSR count). The van der Waals surface area contributed by atoms with Crippen molar-refractivity contribution in [3.63, 3.8) is 0 Å². The fraction of sp³-hybridized carbons (Fsp3) is 0.185. The molecule has 3 aliphatic rings. The van der Waals surface area contributed by atoms with Gasteiger partial charge >= 0.3 is 0 Å². The quantitative estimate of drug-likeness (QED) is 0.329. The van der Waals surface area contributed by atoms with Gasteiger partial charge in [0.1, 0.15) is 12.8 Å². The van der Waals surface area contributed by atoms with Crippen LogP contribution in [0.1, 0.15) is 25.0 Å². The maximum Gasteiger partial charge on any atom is 0.213 e.